The van der Waals surface area contributed by atoms with Crippen molar-refractivity contribution >= 4 is 44.0 Å². The second kappa shape index (κ2) is 10.5. The fourth-order valence-electron chi connectivity index (χ4n) is 2.91. The smallest absolute Gasteiger partial charge is 0.306 e. The van der Waals surface area contributed by atoms with E-state index in [1.165, 1.54) is 4.90 Å². The molecule has 0 bridgehead atoms. The van der Waals surface area contributed by atoms with Gasteiger partial charge >= 0.3 is 5.97 Å². The Morgan fingerprint density at radius 2 is 1.84 bits per heavy atom. The van der Waals surface area contributed by atoms with E-state index in [9.17, 15) is 18.0 Å². The zero-order valence-electron chi connectivity index (χ0n) is 17.1. The van der Waals surface area contributed by atoms with Crippen LogP contribution < -0.4 is 4.72 Å². The van der Waals surface area contributed by atoms with Crippen molar-refractivity contribution in [2.75, 3.05) is 20.2 Å². The molecular formula is C22H24N2O5S2. The molecule has 1 N–H and O–H groups in total. The number of hydrogen-bond donors (Lipinski definition) is 1. The van der Waals surface area contributed by atoms with E-state index in [1.807, 2.05) is 41.8 Å². The maximum absolute atomic E-state index is 12.5. The summed E-state index contributed by atoms with van der Waals surface area (Å²) in [4.78, 5) is 26.6. The summed E-state index contributed by atoms with van der Waals surface area (Å²) >= 11 is 1.55. The summed E-state index contributed by atoms with van der Waals surface area (Å²) in [5, 5.41) is 3.73. The lowest BCUT2D eigenvalue weighted by atomic mass is 10.1. The number of hydrogen-bond acceptors (Lipinski definition) is 6. The molecule has 1 aromatic heterocycles. The Balaban J connectivity index is 1.39. The third kappa shape index (κ3) is 6.61. The van der Waals surface area contributed by atoms with E-state index in [2.05, 4.69) is 4.72 Å². The second-order valence-electron chi connectivity index (χ2n) is 7.00. The first-order chi connectivity index (χ1) is 14.8. The first-order valence-corrected chi connectivity index (χ1v) is 12.1. The van der Waals surface area contributed by atoms with Crippen molar-refractivity contribution in [3.63, 3.8) is 0 Å². The Labute approximate surface area is 185 Å². The van der Waals surface area contributed by atoms with E-state index in [4.69, 9.17) is 4.74 Å². The minimum atomic E-state index is -3.67. The molecule has 1 heterocycles. The predicted octanol–water partition coefficient (Wildman–Crippen LogP) is 3.16. The number of fused-ring (bicyclic) bond motifs is 1. The number of thiophene rings is 1. The number of nitrogens with zero attached hydrogens (tertiary/aromatic N) is 1. The average Bonchev–Trinajstić information content (AvgIpc) is 3.27. The van der Waals surface area contributed by atoms with Crippen molar-refractivity contribution < 1.29 is 22.7 Å². The number of likely N-dealkylation sites (N-methyl/N-ethyl adjacent to an activating group) is 1. The summed E-state index contributed by atoms with van der Waals surface area (Å²) in [6.45, 7) is 0.227. The van der Waals surface area contributed by atoms with Crippen molar-refractivity contribution in [3.8, 4) is 0 Å². The molecule has 0 radical (unpaired) electrons. The van der Waals surface area contributed by atoms with Crippen molar-refractivity contribution in [1.82, 2.24) is 9.62 Å². The summed E-state index contributed by atoms with van der Waals surface area (Å²) in [7, 11) is -2.02. The standard InChI is InChI=1S/C22H24N2O5S2/c1-24(15-19-8-5-13-30-19)21(25)16-29-22(26)9-4-12-23-31(27,28)20-11-10-17-6-2-3-7-18(17)14-20/h2-3,5-8,10-11,13-14,23H,4,9,12,15-16H2,1H3. The average molecular weight is 461 g/mol. The van der Waals surface area contributed by atoms with Gasteiger partial charge in [-0.1, -0.05) is 36.4 Å². The minimum absolute atomic E-state index is 0.0160. The third-order valence-electron chi connectivity index (χ3n) is 4.64. The maximum atomic E-state index is 12.5. The van der Waals surface area contributed by atoms with Crippen LogP contribution in [0.5, 0.6) is 0 Å². The normalized spacial score (nSPS) is 11.4. The predicted molar refractivity (Wildman–Crippen MR) is 120 cm³/mol. The molecule has 0 saturated carbocycles. The molecule has 3 aromatic rings. The van der Waals surface area contributed by atoms with Crippen LogP contribution in [0.2, 0.25) is 0 Å². The molecule has 7 nitrogen and oxygen atoms in total. The lowest BCUT2D eigenvalue weighted by Crippen LogP contribution is -2.30. The van der Waals surface area contributed by atoms with Gasteiger partial charge < -0.3 is 9.64 Å². The quantitative estimate of drug-likeness (QED) is 0.371. The molecule has 1 amide bonds. The van der Waals surface area contributed by atoms with E-state index in [-0.39, 0.29) is 36.8 Å². The molecule has 0 fully saturated rings. The number of rotatable bonds is 10. The van der Waals surface area contributed by atoms with E-state index in [1.54, 1.807) is 36.6 Å². The van der Waals surface area contributed by atoms with Gasteiger partial charge in [0, 0.05) is 24.9 Å². The highest BCUT2D eigenvalue weighted by molar-refractivity contribution is 7.89. The minimum Gasteiger partial charge on any atom is -0.456 e. The van der Waals surface area contributed by atoms with Gasteiger partial charge in [0.05, 0.1) is 11.4 Å². The first kappa shape index (κ1) is 22.9. The van der Waals surface area contributed by atoms with Crippen LogP contribution in [0.3, 0.4) is 0 Å². The van der Waals surface area contributed by atoms with Crippen LogP contribution in [0.4, 0.5) is 0 Å². The molecule has 0 aliphatic rings. The highest BCUT2D eigenvalue weighted by Crippen LogP contribution is 2.18. The van der Waals surface area contributed by atoms with Crippen molar-refractivity contribution in [2.24, 2.45) is 0 Å². The SMILES string of the molecule is CN(Cc1cccs1)C(=O)COC(=O)CCCNS(=O)(=O)c1ccc2ccccc2c1. The summed E-state index contributed by atoms with van der Waals surface area (Å²) in [6.07, 6.45) is 0.285. The van der Waals surface area contributed by atoms with Crippen LogP contribution in [-0.4, -0.2) is 45.4 Å². The topological polar surface area (TPSA) is 92.8 Å². The van der Waals surface area contributed by atoms with Crippen LogP contribution in [0.25, 0.3) is 10.8 Å². The molecule has 0 aliphatic heterocycles. The molecule has 31 heavy (non-hydrogen) atoms. The van der Waals surface area contributed by atoms with Crippen LogP contribution in [0.1, 0.15) is 17.7 Å². The molecule has 0 unspecified atom stereocenters. The summed E-state index contributed by atoms with van der Waals surface area (Å²) in [5.41, 5.74) is 0. The summed E-state index contributed by atoms with van der Waals surface area (Å²) in [6, 6.07) is 16.3. The fourth-order valence-corrected chi connectivity index (χ4v) is 4.77. The second-order valence-corrected chi connectivity index (χ2v) is 9.80. The Hall–Kier alpha value is -2.75. The van der Waals surface area contributed by atoms with Crippen LogP contribution >= 0.6 is 11.3 Å². The van der Waals surface area contributed by atoms with Crippen molar-refractivity contribution in [2.45, 2.75) is 24.3 Å². The van der Waals surface area contributed by atoms with E-state index in [0.29, 0.717) is 6.54 Å². The number of carbonyl (C=O) groups is 2. The van der Waals surface area contributed by atoms with Crippen molar-refractivity contribution in [3.05, 3.63) is 64.9 Å². The zero-order valence-corrected chi connectivity index (χ0v) is 18.7. The van der Waals surface area contributed by atoms with E-state index < -0.39 is 16.0 Å². The molecule has 0 saturated heterocycles. The first-order valence-electron chi connectivity index (χ1n) is 9.75. The van der Waals surface area contributed by atoms with Gasteiger partial charge in [-0.3, -0.25) is 9.59 Å². The van der Waals surface area contributed by atoms with Crippen molar-refractivity contribution in [1.29, 1.82) is 0 Å². The molecule has 2 aromatic carbocycles. The highest BCUT2D eigenvalue weighted by atomic mass is 32.2. The van der Waals surface area contributed by atoms with Gasteiger partial charge in [-0.15, -0.1) is 11.3 Å². The number of carbonyl (C=O) groups excluding carboxylic acids is 2. The molecule has 9 heteroatoms. The van der Waals surface area contributed by atoms with Crippen LogP contribution in [0.15, 0.2) is 64.9 Å². The monoisotopic (exact) mass is 460 g/mol. The number of benzene rings is 2. The Kier molecular flexibility index (Phi) is 7.78. The van der Waals surface area contributed by atoms with Gasteiger partial charge in [-0.25, -0.2) is 13.1 Å². The number of ether oxygens (including phenoxy) is 1. The Morgan fingerprint density at radius 1 is 1.06 bits per heavy atom. The number of amides is 1. The lowest BCUT2D eigenvalue weighted by Gasteiger charge is -2.16. The van der Waals surface area contributed by atoms with Crippen LogP contribution in [0, 0.1) is 0 Å². The molecular weight excluding hydrogens is 436 g/mol. The van der Waals surface area contributed by atoms with Gasteiger partial charge in [0.2, 0.25) is 10.0 Å². The number of esters is 1. The van der Waals surface area contributed by atoms with Gasteiger partial charge in [-0.2, -0.15) is 0 Å². The maximum Gasteiger partial charge on any atom is 0.306 e. The highest BCUT2D eigenvalue weighted by Gasteiger charge is 2.15. The largest absolute Gasteiger partial charge is 0.456 e. The van der Waals surface area contributed by atoms with Gasteiger partial charge in [0.25, 0.3) is 5.91 Å². The van der Waals surface area contributed by atoms with Crippen LogP contribution in [-0.2, 0) is 30.9 Å². The van der Waals surface area contributed by atoms with E-state index >= 15 is 0 Å². The van der Waals surface area contributed by atoms with E-state index in [0.717, 1.165) is 15.6 Å². The summed E-state index contributed by atoms with van der Waals surface area (Å²) in [5.74, 6) is -0.832. The molecule has 0 aliphatic carbocycles. The molecule has 0 atom stereocenters. The zero-order chi connectivity index (χ0) is 22.3. The number of sulfonamides is 1. The number of nitrogens with one attached hydrogen (secondary N) is 1. The Morgan fingerprint density at radius 3 is 2.58 bits per heavy atom. The van der Waals surface area contributed by atoms with Gasteiger partial charge in [-0.05, 0) is 40.8 Å². The third-order valence-corrected chi connectivity index (χ3v) is 6.96. The van der Waals surface area contributed by atoms with Gasteiger partial charge in [0.1, 0.15) is 0 Å². The lowest BCUT2D eigenvalue weighted by molar-refractivity contribution is -0.151. The molecule has 0 spiro atoms. The molecule has 164 valence electrons. The fraction of sp³-hybridized carbons (Fsp3) is 0.273. The Bertz CT molecular complexity index is 1140. The van der Waals surface area contributed by atoms with Gasteiger partial charge in [0.15, 0.2) is 6.61 Å². The summed E-state index contributed by atoms with van der Waals surface area (Å²) < 4.78 is 32.4. The molecule has 3 rings (SSSR count).